The van der Waals surface area contributed by atoms with Crippen LogP contribution in [-0.4, -0.2) is 18.1 Å². The predicted molar refractivity (Wildman–Crippen MR) is 85.5 cm³/mol. The molecule has 0 spiro atoms. The number of rotatable bonds is 6. The lowest BCUT2D eigenvalue weighted by Crippen LogP contribution is -2.33. The molecular weight excluding hydrogens is 286 g/mol. The second-order valence-corrected chi connectivity index (χ2v) is 5.04. The van der Waals surface area contributed by atoms with Crippen molar-refractivity contribution in [3.05, 3.63) is 65.7 Å². The molecule has 0 bridgehead atoms. The first-order chi connectivity index (χ1) is 10.2. The summed E-state index contributed by atoms with van der Waals surface area (Å²) in [7, 11) is 0. The van der Waals surface area contributed by atoms with Crippen molar-refractivity contribution in [2.45, 2.75) is 19.4 Å². The Hall–Kier alpha value is -2.00. The number of alkyl halides is 1. The molecule has 0 radical (unpaired) electrons. The fourth-order valence-corrected chi connectivity index (χ4v) is 2.16. The number of aryl methyl sites for hydroxylation is 1. The number of anilines is 1. The van der Waals surface area contributed by atoms with Crippen LogP contribution in [-0.2, 0) is 16.0 Å². The number of nitrogens with one attached hydrogen (secondary N) is 1. The molecule has 21 heavy (non-hydrogen) atoms. The van der Waals surface area contributed by atoms with Crippen LogP contribution >= 0.6 is 11.6 Å². The Morgan fingerprint density at radius 3 is 2.43 bits per heavy atom. The second-order valence-electron chi connectivity index (χ2n) is 4.83. The standard InChI is InChI=1S/C17H18ClNO2/c1-13-7-9-15(10-8-13)19-16(17(20)21-12-18)11-14-5-3-2-4-6-14/h2-10,16,19H,11-12H2,1H3/t16-/m0/s1. The van der Waals surface area contributed by atoms with Gasteiger partial charge in [0, 0.05) is 12.1 Å². The minimum atomic E-state index is -0.464. The third kappa shape index (κ3) is 4.80. The minimum Gasteiger partial charge on any atom is -0.448 e. The normalized spacial score (nSPS) is 11.7. The van der Waals surface area contributed by atoms with Crippen molar-refractivity contribution in [2.75, 3.05) is 11.4 Å². The molecule has 1 atom stereocenters. The molecule has 0 amide bonds. The highest BCUT2D eigenvalue weighted by atomic mass is 35.5. The van der Waals surface area contributed by atoms with Gasteiger partial charge in [0.1, 0.15) is 6.04 Å². The smallest absolute Gasteiger partial charge is 0.330 e. The molecular formula is C17H18ClNO2. The van der Waals surface area contributed by atoms with Crippen molar-refractivity contribution in [1.82, 2.24) is 0 Å². The van der Waals surface area contributed by atoms with Crippen LogP contribution in [0.1, 0.15) is 11.1 Å². The van der Waals surface area contributed by atoms with E-state index in [0.29, 0.717) is 6.42 Å². The molecule has 0 heterocycles. The molecule has 0 saturated heterocycles. The summed E-state index contributed by atoms with van der Waals surface area (Å²) in [5.41, 5.74) is 3.12. The van der Waals surface area contributed by atoms with Gasteiger partial charge in [-0.3, -0.25) is 0 Å². The van der Waals surface area contributed by atoms with E-state index in [-0.39, 0.29) is 12.0 Å². The molecule has 2 aromatic carbocycles. The first kappa shape index (κ1) is 15.4. The van der Waals surface area contributed by atoms with E-state index < -0.39 is 6.04 Å². The Morgan fingerprint density at radius 1 is 1.14 bits per heavy atom. The third-order valence-electron chi connectivity index (χ3n) is 3.16. The SMILES string of the molecule is Cc1ccc(N[C@@H](Cc2ccccc2)C(=O)OCCl)cc1. The molecule has 4 heteroatoms. The summed E-state index contributed by atoms with van der Waals surface area (Å²) in [6.07, 6.45) is 0.546. The van der Waals surface area contributed by atoms with Gasteiger partial charge in [-0.05, 0) is 24.6 Å². The number of benzene rings is 2. The molecule has 1 N–H and O–H groups in total. The van der Waals surface area contributed by atoms with E-state index in [4.69, 9.17) is 16.3 Å². The molecule has 0 aliphatic heterocycles. The maximum atomic E-state index is 12.0. The second kappa shape index (κ2) is 7.70. The van der Waals surface area contributed by atoms with Gasteiger partial charge in [0.15, 0.2) is 6.07 Å². The number of hydrogen-bond donors (Lipinski definition) is 1. The molecule has 2 rings (SSSR count). The molecule has 110 valence electrons. The number of halogens is 1. The highest BCUT2D eigenvalue weighted by molar-refractivity contribution is 6.17. The number of hydrogen-bond acceptors (Lipinski definition) is 3. The van der Waals surface area contributed by atoms with E-state index in [0.717, 1.165) is 11.3 Å². The molecule has 0 unspecified atom stereocenters. The lowest BCUT2D eigenvalue weighted by atomic mass is 10.1. The summed E-state index contributed by atoms with van der Waals surface area (Å²) < 4.78 is 4.94. The fraction of sp³-hybridized carbons (Fsp3) is 0.235. The van der Waals surface area contributed by atoms with Crippen molar-refractivity contribution >= 4 is 23.3 Å². The Kier molecular flexibility index (Phi) is 5.64. The first-order valence-corrected chi connectivity index (χ1v) is 7.32. The average Bonchev–Trinajstić information content (AvgIpc) is 2.50. The Balaban J connectivity index is 2.11. The summed E-state index contributed by atoms with van der Waals surface area (Å²) in [5.74, 6) is -0.352. The average molecular weight is 304 g/mol. The zero-order chi connectivity index (χ0) is 15.1. The molecule has 0 aromatic heterocycles. The van der Waals surface area contributed by atoms with Gasteiger partial charge in [0.25, 0.3) is 0 Å². The van der Waals surface area contributed by atoms with Crippen LogP contribution in [0.25, 0.3) is 0 Å². The van der Waals surface area contributed by atoms with Gasteiger partial charge >= 0.3 is 5.97 Å². The molecule has 0 fully saturated rings. The molecule has 2 aromatic rings. The van der Waals surface area contributed by atoms with Crippen molar-refractivity contribution in [3.8, 4) is 0 Å². The van der Waals surface area contributed by atoms with Crippen LogP contribution in [0.5, 0.6) is 0 Å². The van der Waals surface area contributed by atoms with E-state index in [2.05, 4.69) is 5.32 Å². The van der Waals surface area contributed by atoms with Gasteiger partial charge in [-0.2, -0.15) is 0 Å². The Bertz CT molecular complexity index is 569. The van der Waals surface area contributed by atoms with E-state index in [1.807, 2.05) is 61.5 Å². The van der Waals surface area contributed by atoms with Crippen molar-refractivity contribution < 1.29 is 9.53 Å². The lowest BCUT2D eigenvalue weighted by Gasteiger charge is -2.18. The molecule has 0 aliphatic carbocycles. The van der Waals surface area contributed by atoms with Gasteiger partial charge < -0.3 is 10.1 Å². The highest BCUT2D eigenvalue weighted by Gasteiger charge is 2.20. The zero-order valence-corrected chi connectivity index (χ0v) is 12.6. The van der Waals surface area contributed by atoms with Gasteiger partial charge in [0.05, 0.1) is 0 Å². The lowest BCUT2D eigenvalue weighted by molar-refractivity contribution is -0.142. The minimum absolute atomic E-state index is 0.139. The van der Waals surface area contributed by atoms with Gasteiger partial charge in [-0.15, -0.1) is 0 Å². The van der Waals surface area contributed by atoms with Gasteiger partial charge in [0.2, 0.25) is 0 Å². The summed E-state index contributed by atoms with van der Waals surface area (Å²) in [5, 5.41) is 3.21. The van der Waals surface area contributed by atoms with Gasteiger partial charge in [-0.1, -0.05) is 59.6 Å². The number of ether oxygens (including phenoxy) is 1. The maximum Gasteiger partial charge on any atom is 0.330 e. The molecule has 0 saturated carbocycles. The van der Waals surface area contributed by atoms with E-state index >= 15 is 0 Å². The van der Waals surface area contributed by atoms with Crippen LogP contribution < -0.4 is 5.32 Å². The summed E-state index contributed by atoms with van der Waals surface area (Å²) in [6, 6.07) is 17.1. The van der Waals surface area contributed by atoms with Crippen molar-refractivity contribution in [2.24, 2.45) is 0 Å². The van der Waals surface area contributed by atoms with Crippen LogP contribution in [0, 0.1) is 6.92 Å². The third-order valence-corrected chi connectivity index (χ3v) is 3.27. The van der Waals surface area contributed by atoms with E-state index in [1.54, 1.807) is 0 Å². The largest absolute Gasteiger partial charge is 0.448 e. The molecule has 3 nitrogen and oxygen atoms in total. The summed E-state index contributed by atoms with van der Waals surface area (Å²) in [4.78, 5) is 12.0. The fourth-order valence-electron chi connectivity index (χ4n) is 2.05. The summed E-state index contributed by atoms with van der Waals surface area (Å²) >= 11 is 5.50. The Labute approximate surface area is 129 Å². The number of esters is 1. The van der Waals surface area contributed by atoms with Crippen molar-refractivity contribution in [3.63, 3.8) is 0 Å². The maximum absolute atomic E-state index is 12.0. The van der Waals surface area contributed by atoms with Crippen LogP contribution in [0.15, 0.2) is 54.6 Å². The predicted octanol–water partition coefficient (Wildman–Crippen LogP) is 3.76. The van der Waals surface area contributed by atoms with E-state index in [9.17, 15) is 4.79 Å². The summed E-state index contributed by atoms with van der Waals surface area (Å²) in [6.45, 7) is 2.02. The number of carbonyl (C=O) groups is 1. The topological polar surface area (TPSA) is 38.3 Å². The van der Waals surface area contributed by atoms with Crippen LogP contribution in [0.2, 0.25) is 0 Å². The molecule has 0 aliphatic rings. The highest BCUT2D eigenvalue weighted by Crippen LogP contribution is 2.14. The first-order valence-electron chi connectivity index (χ1n) is 6.79. The number of carbonyl (C=O) groups excluding carboxylic acids is 1. The van der Waals surface area contributed by atoms with Crippen molar-refractivity contribution in [1.29, 1.82) is 0 Å². The quantitative estimate of drug-likeness (QED) is 0.652. The monoisotopic (exact) mass is 303 g/mol. The van der Waals surface area contributed by atoms with Crippen LogP contribution in [0.3, 0.4) is 0 Å². The van der Waals surface area contributed by atoms with Crippen LogP contribution in [0.4, 0.5) is 5.69 Å². The zero-order valence-electron chi connectivity index (χ0n) is 11.9. The van der Waals surface area contributed by atoms with E-state index in [1.165, 1.54) is 5.56 Å². The van der Waals surface area contributed by atoms with Gasteiger partial charge in [-0.25, -0.2) is 4.79 Å². The Morgan fingerprint density at radius 2 is 1.81 bits per heavy atom.